The van der Waals surface area contributed by atoms with E-state index in [-0.39, 0.29) is 0 Å². The van der Waals surface area contributed by atoms with Gasteiger partial charge in [0.2, 0.25) is 8.32 Å². The fraction of sp³-hybridized carbons (Fsp3) is 1.00. The smallest absolute Gasteiger partial charge is 0.390 e. The lowest BCUT2D eigenvalue weighted by atomic mass is 10.5. The van der Waals surface area contributed by atoms with Crippen LogP contribution >= 0.6 is 23.2 Å². The zero-order valence-corrected chi connectivity index (χ0v) is 14.0. The molecular weight excluding hydrogens is 347 g/mol. The molecule has 0 aromatic carbocycles. The van der Waals surface area contributed by atoms with E-state index in [1.807, 2.05) is 0 Å². The molecule has 0 saturated carbocycles. The van der Waals surface area contributed by atoms with Crippen LogP contribution in [0.2, 0.25) is 19.6 Å². The molecule has 0 aromatic heterocycles. The van der Waals surface area contributed by atoms with E-state index in [0.717, 1.165) is 0 Å². The maximum atomic E-state index is 11.3. The van der Waals surface area contributed by atoms with Gasteiger partial charge in [-0.25, -0.2) is 8.39 Å². The van der Waals surface area contributed by atoms with Crippen LogP contribution in [0.15, 0.2) is 0 Å². The lowest BCUT2D eigenvalue weighted by Crippen LogP contribution is -2.34. The van der Waals surface area contributed by atoms with E-state index < -0.39 is 47.6 Å². The molecule has 0 rings (SSSR count). The summed E-state index contributed by atoms with van der Waals surface area (Å²) < 4.78 is 54.4. The molecule has 0 fully saturated rings. The molecule has 0 aliphatic heterocycles. The predicted octanol–water partition coefficient (Wildman–Crippen LogP) is 1.08. The van der Waals surface area contributed by atoms with Crippen LogP contribution in [0.1, 0.15) is 0 Å². The van der Waals surface area contributed by atoms with Gasteiger partial charge in [-0.3, -0.25) is 8.06 Å². The van der Waals surface area contributed by atoms with Crippen molar-refractivity contribution in [3.05, 3.63) is 0 Å². The first-order chi connectivity index (χ1) is 7.83. The quantitative estimate of drug-likeness (QED) is 0.363. The summed E-state index contributed by atoms with van der Waals surface area (Å²) in [6, 6.07) is 0. The molecule has 7 nitrogen and oxygen atoms in total. The van der Waals surface area contributed by atoms with Gasteiger partial charge in [-0.15, -0.1) is 0 Å². The van der Waals surface area contributed by atoms with Crippen LogP contribution in [0.3, 0.4) is 0 Å². The van der Waals surface area contributed by atoms with E-state index in [1.54, 1.807) is 19.6 Å². The maximum absolute atomic E-state index is 11.3. The van der Waals surface area contributed by atoms with Crippen molar-refractivity contribution in [1.82, 2.24) is 0 Å². The molecule has 0 bridgehead atoms. The van der Waals surface area contributed by atoms with E-state index in [1.165, 1.54) is 0 Å². The largest absolute Gasteiger partial charge is 0.750 e. The minimum Gasteiger partial charge on any atom is -0.750 e. The van der Waals surface area contributed by atoms with Crippen LogP contribution in [0, 0.1) is 0 Å². The summed E-state index contributed by atoms with van der Waals surface area (Å²) in [4.78, 5) is 0. The van der Waals surface area contributed by atoms with Gasteiger partial charge in [0.1, 0.15) is 6.61 Å². The zero-order valence-electron chi connectivity index (χ0n) is 9.84. The average Bonchev–Trinajstić information content (AvgIpc) is 2.09. The number of halogens is 2. The second-order valence-corrected chi connectivity index (χ2v) is 12.4. The molecule has 1 unspecified atom stereocenters. The van der Waals surface area contributed by atoms with Gasteiger partial charge in [0.15, 0.2) is 4.33 Å². The molecule has 0 radical (unpaired) electrons. The normalized spacial score (nSPS) is 15.7. The van der Waals surface area contributed by atoms with Gasteiger partial charge in [-0.05, 0) is 19.6 Å². The van der Waals surface area contributed by atoms with Crippen LogP contribution in [0.25, 0.3) is 0 Å². The summed E-state index contributed by atoms with van der Waals surface area (Å²) in [5.41, 5.74) is 0. The third-order valence-electron chi connectivity index (χ3n) is 1.13. The molecule has 0 saturated heterocycles. The molecule has 0 aliphatic rings. The number of hydrogen-bond donors (Lipinski definition) is 0. The Balaban J connectivity index is 4.34. The van der Waals surface area contributed by atoms with E-state index in [4.69, 9.17) is 27.1 Å². The molecule has 0 spiro atoms. The third kappa shape index (κ3) is 10.6. The topological polar surface area (TPSA) is 102 Å². The van der Waals surface area contributed by atoms with E-state index >= 15 is 0 Å². The van der Waals surface area contributed by atoms with Crippen molar-refractivity contribution in [2.75, 3.05) is 13.2 Å². The Bertz CT molecular complexity index is 391. The molecule has 18 heavy (non-hydrogen) atoms. The van der Waals surface area contributed by atoms with Crippen molar-refractivity contribution in [2.45, 2.75) is 24.0 Å². The summed E-state index contributed by atoms with van der Waals surface area (Å²) in [6.07, 6.45) is 0. The van der Waals surface area contributed by atoms with Gasteiger partial charge in [0.25, 0.3) is 0 Å². The lowest BCUT2D eigenvalue weighted by Gasteiger charge is -2.21. The second kappa shape index (κ2) is 6.95. The summed E-state index contributed by atoms with van der Waals surface area (Å²) >= 11 is 8.38. The van der Waals surface area contributed by atoms with E-state index in [0.29, 0.717) is 0 Å². The van der Waals surface area contributed by atoms with Crippen LogP contribution in [0.5, 0.6) is 0 Å². The van der Waals surface area contributed by atoms with Gasteiger partial charge < -0.3 is 4.55 Å². The first-order valence-electron chi connectivity index (χ1n) is 4.53. The molecule has 0 aromatic rings. The number of hydrogen-bond acceptors (Lipinski definition) is 7. The highest BCUT2D eigenvalue weighted by atomic mass is 35.5. The summed E-state index contributed by atoms with van der Waals surface area (Å²) in [7, 11) is -6.58. The standard InChI is InChI=1S/C6H14Cl2O7S2Si/c1-18(2,3)15-17(11,12)14-5-6(7,8)4-13-16(9)10/h4-5H2,1-3H3,(H,9,10)/p-1. The molecule has 0 N–H and O–H groups in total. The highest BCUT2D eigenvalue weighted by Crippen LogP contribution is 2.23. The van der Waals surface area contributed by atoms with Crippen molar-refractivity contribution >= 4 is 53.3 Å². The SMILES string of the molecule is C[Si](C)(C)OS(=O)(=O)OCC(Cl)(Cl)COS(=O)[O-]. The predicted molar refractivity (Wildman–Crippen MR) is 68.6 cm³/mol. The highest BCUT2D eigenvalue weighted by molar-refractivity contribution is 7.83. The fourth-order valence-electron chi connectivity index (χ4n) is 0.665. The first-order valence-corrected chi connectivity index (χ1v) is 11.0. The number of rotatable bonds is 8. The fourth-order valence-corrected chi connectivity index (χ4v) is 4.43. The average molecular weight is 360 g/mol. The monoisotopic (exact) mass is 359 g/mol. The Hall–Kier alpha value is 0.737. The van der Waals surface area contributed by atoms with Gasteiger partial charge >= 0.3 is 10.4 Å². The van der Waals surface area contributed by atoms with Crippen LogP contribution in [0.4, 0.5) is 0 Å². The zero-order chi connectivity index (χ0) is 14.6. The van der Waals surface area contributed by atoms with Crippen LogP contribution < -0.4 is 0 Å². The van der Waals surface area contributed by atoms with Crippen molar-refractivity contribution in [3.8, 4) is 0 Å². The Kier molecular flexibility index (Phi) is 7.23. The van der Waals surface area contributed by atoms with Crippen LogP contribution in [-0.2, 0) is 34.0 Å². The molecule has 12 heteroatoms. The highest BCUT2D eigenvalue weighted by Gasteiger charge is 2.31. The second-order valence-electron chi connectivity index (χ2n) is 4.19. The molecule has 1 atom stereocenters. The molecule has 0 heterocycles. The van der Waals surface area contributed by atoms with Gasteiger partial charge in [0, 0.05) is 0 Å². The summed E-state index contributed by atoms with van der Waals surface area (Å²) in [5, 5.41) is 0. The lowest BCUT2D eigenvalue weighted by molar-refractivity contribution is 0.220. The molecule has 0 amide bonds. The Morgan fingerprint density at radius 1 is 1.28 bits per heavy atom. The Morgan fingerprint density at radius 2 is 1.78 bits per heavy atom. The van der Waals surface area contributed by atoms with Crippen molar-refractivity contribution in [2.24, 2.45) is 0 Å². The summed E-state index contributed by atoms with van der Waals surface area (Å²) in [5.74, 6) is 0. The van der Waals surface area contributed by atoms with Crippen LogP contribution in [-0.4, -0.2) is 43.0 Å². The molecule has 0 aliphatic carbocycles. The molecule has 110 valence electrons. The third-order valence-corrected chi connectivity index (χ3v) is 5.10. The van der Waals surface area contributed by atoms with Crippen molar-refractivity contribution in [3.63, 3.8) is 0 Å². The van der Waals surface area contributed by atoms with Crippen molar-refractivity contribution in [1.29, 1.82) is 0 Å². The Labute approximate surface area is 120 Å². The first kappa shape index (κ1) is 18.7. The molecular formula is C6H13Cl2O7S2Si-. The van der Waals surface area contributed by atoms with Crippen molar-refractivity contribution < 1.29 is 29.4 Å². The minimum atomic E-state index is -4.23. The van der Waals surface area contributed by atoms with E-state index in [2.05, 4.69) is 8.37 Å². The maximum Gasteiger partial charge on any atom is 0.390 e. The minimum absolute atomic E-state index is 0.644. The van der Waals surface area contributed by atoms with Gasteiger partial charge in [-0.2, -0.15) is 8.42 Å². The van der Waals surface area contributed by atoms with E-state index in [9.17, 15) is 17.2 Å². The number of alkyl halides is 2. The van der Waals surface area contributed by atoms with Gasteiger partial charge in [-0.1, -0.05) is 23.2 Å². The van der Waals surface area contributed by atoms with Gasteiger partial charge in [0.05, 0.1) is 18.0 Å². The Morgan fingerprint density at radius 3 is 2.17 bits per heavy atom. The summed E-state index contributed by atoms with van der Waals surface area (Å²) in [6.45, 7) is 3.60.